The molecular formula is C15H21BrClN3O3. The summed E-state index contributed by atoms with van der Waals surface area (Å²) in [5, 5.41) is 3.20. The van der Waals surface area contributed by atoms with E-state index in [9.17, 15) is 9.59 Å². The maximum atomic E-state index is 12.4. The Morgan fingerprint density at radius 3 is 2.57 bits per heavy atom. The Balaban J connectivity index is 0.00000264. The Morgan fingerprint density at radius 1 is 1.35 bits per heavy atom. The molecule has 1 heterocycles. The minimum absolute atomic E-state index is 0. The Labute approximate surface area is 150 Å². The summed E-state index contributed by atoms with van der Waals surface area (Å²) in [6.45, 7) is 3.07. The van der Waals surface area contributed by atoms with E-state index in [0.29, 0.717) is 28.9 Å². The highest BCUT2D eigenvalue weighted by atomic mass is 79.9. The van der Waals surface area contributed by atoms with E-state index in [-0.39, 0.29) is 30.8 Å². The number of carbonyl (C=O) groups is 2. The number of amides is 2. The average molecular weight is 407 g/mol. The molecule has 23 heavy (non-hydrogen) atoms. The van der Waals surface area contributed by atoms with Crippen molar-refractivity contribution in [2.24, 2.45) is 0 Å². The van der Waals surface area contributed by atoms with Crippen molar-refractivity contribution in [3.05, 3.63) is 28.2 Å². The van der Waals surface area contributed by atoms with Gasteiger partial charge in [0.25, 0.3) is 5.91 Å². The Kier molecular flexibility index (Phi) is 7.81. The van der Waals surface area contributed by atoms with E-state index in [1.807, 2.05) is 0 Å². The number of hydrogen-bond acceptors (Lipinski definition) is 4. The molecule has 6 nitrogen and oxygen atoms in total. The molecule has 0 spiro atoms. The van der Waals surface area contributed by atoms with Crippen LogP contribution < -0.4 is 10.1 Å². The van der Waals surface area contributed by atoms with Gasteiger partial charge in [0.05, 0.1) is 18.1 Å². The molecular weight excluding hydrogens is 386 g/mol. The van der Waals surface area contributed by atoms with Gasteiger partial charge in [0.1, 0.15) is 5.75 Å². The Morgan fingerprint density at radius 2 is 2.00 bits per heavy atom. The number of likely N-dealkylation sites (N-methyl/N-ethyl adjacent to an activating group) is 1. The third-order valence-electron chi connectivity index (χ3n) is 3.59. The maximum absolute atomic E-state index is 12.4. The molecule has 2 amide bonds. The highest BCUT2D eigenvalue weighted by Crippen LogP contribution is 2.25. The molecule has 1 aliphatic heterocycles. The Hall–Kier alpha value is -1.31. The average Bonchev–Trinajstić information content (AvgIpc) is 2.54. The first-order chi connectivity index (χ1) is 10.5. The second-order valence-electron chi connectivity index (χ2n) is 5.14. The zero-order chi connectivity index (χ0) is 16.1. The first kappa shape index (κ1) is 19.7. The number of halogens is 2. The molecule has 1 aliphatic rings. The molecule has 2 rings (SSSR count). The fraction of sp³-hybridized carbons (Fsp3) is 0.467. The lowest BCUT2D eigenvalue weighted by molar-refractivity contribution is -0.132. The topological polar surface area (TPSA) is 61.9 Å². The number of carbonyl (C=O) groups excluding carboxylic acids is 2. The third-order valence-corrected chi connectivity index (χ3v) is 4.21. The lowest BCUT2D eigenvalue weighted by atomic mass is 10.2. The van der Waals surface area contributed by atoms with Crippen LogP contribution in [0.2, 0.25) is 0 Å². The third kappa shape index (κ3) is 5.09. The van der Waals surface area contributed by atoms with Crippen LogP contribution in [0.1, 0.15) is 10.4 Å². The first-order valence-corrected chi connectivity index (χ1v) is 7.89. The van der Waals surface area contributed by atoms with E-state index in [0.717, 1.165) is 13.1 Å². The number of hydrogen-bond donors (Lipinski definition) is 1. The highest BCUT2D eigenvalue weighted by molar-refractivity contribution is 9.10. The van der Waals surface area contributed by atoms with Gasteiger partial charge in [-0.05, 0) is 34.1 Å². The van der Waals surface area contributed by atoms with Crippen molar-refractivity contribution in [1.82, 2.24) is 15.1 Å². The largest absolute Gasteiger partial charge is 0.496 e. The first-order valence-electron chi connectivity index (χ1n) is 7.10. The second-order valence-corrected chi connectivity index (χ2v) is 6.00. The number of piperazine rings is 1. The summed E-state index contributed by atoms with van der Waals surface area (Å²) in [6.07, 6.45) is 0. The predicted octanol–water partition coefficient (Wildman–Crippen LogP) is 1.38. The van der Waals surface area contributed by atoms with E-state index in [2.05, 4.69) is 21.2 Å². The van der Waals surface area contributed by atoms with Crippen LogP contribution in [0.3, 0.4) is 0 Å². The van der Waals surface area contributed by atoms with Crippen LogP contribution in [-0.4, -0.2) is 68.5 Å². The summed E-state index contributed by atoms with van der Waals surface area (Å²) < 4.78 is 5.86. The van der Waals surface area contributed by atoms with E-state index < -0.39 is 0 Å². The van der Waals surface area contributed by atoms with Crippen molar-refractivity contribution in [2.75, 3.05) is 46.9 Å². The smallest absolute Gasteiger partial charge is 0.254 e. The molecule has 1 saturated heterocycles. The van der Waals surface area contributed by atoms with Crippen molar-refractivity contribution in [1.29, 1.82) is 0 Å². The predicted molar refractivity (Wildman–Crippen MR) is 94.4 cm³/mol. The molecule has 0 atom stereocenters. The molecule has 0 radical (unpaired) electrons. The fourth-order valence-electron chi connectivity index (χ4n) is 2.31. The number of rotatable bonds is 4. The minimum Gasteiger partial charge on any atom is -0.496 e. The van der Waals surface area contributed by atoms with Gasteiger partial charge in [0.15, 0.2) is 0 Å². The van der Waals surface area contributed by atoms with Gasteiger partial charge in [-0.15, -0.1) is 12.4 Å². The number of methoxy groups -OCH3 is 1. The summed E-state index contributed by atoms with van der Waals surface area (Å²) in [7, 11) is 3.21. The monoisotopic (exact) mass is 405 g/mol. The molecule has 128 valence electrons. The Bertz CT molecular complexity index is 565. The molecule has 0 unspecified atom stereocenters. The number of nitrogens with one attached hydrogen (secondary N) is 1. The van der Waals surface area contributed by atoms with E-state index in [4.69, 9.17) is 4.74 Å². The number of benzene rings is 1. The van der Waals surface area contributed by atoms with Crippen LogP contribution in [0.15, 0.2) is 22.7 Å². The van der Waals surface area contributed by atoms with Crippen LogP contribution in [0.5, 0.6) is 5.75 Å². The van der Waals surface area contributed by atoms with Crippen LogP contribution >= 0.6 is 28.3 Å². The SMILES string of the molecule is COc1ccc(C(=O)N(C)CC(=O)N2CCNCC2)cc1Br.Cl. The summed E-state index contributed by atoms with van der Waals surface area (Å²) in [4.78, 5) is 27.8. The quantitative estimate of drug-likeness (QED) is 0.821. The van der Waals surface area contributed by atoms with Crippen molar-refractivity contribution in [3.63, 3.8) is 0 Å². The zero-order valence-electron chi connectivity index (χ0n) is 13.2. The molecule has 0 bridgehead atoms. The van der Waals surface area contributed by atoms with Crippen LogP contribution in [0.4, 0.5) is 0 Å². The van der Waals surface area contributed by atoms with Crippen molar-refractivity contribution < 1.29 is 14.3 Å². The molecule has 0 aromatic heterocycles. The van der Waals surface area contributed by atoms with Gasteiger partial charge in [-0.3, -0.25) is 9.59 Å². The van der Waals surface area contributed by atoms with Crippen LogP contribution in [0, 0.1) is 0 Å². The maximum Gasteiger partial charge on any atom is 0.254 e. The van der Waals surface area contributed by atoms with E-state index in [1.165, 1.54) is 4.90 Å². The van der Waals surface area contributed by atoms with Crippen molar-refractivity contribution in [3.8, 4) is 5.75 Å². The van der Waals surface area contributed by atoms with Crippen LogP contribution in [-0.2, 0) is 4.79 Å². The number of nitrogens with zero attached hydrogens (tertiary/aromatic N) is 2. The summed E-state index contributed by atoms with van der Waals surface area (Å²) in [5.41, 5.74) is 0.517. The normalized spacial score (nSPS) is 14.0. The second kappa shape index (κ2) is 9.10. The lowest BCUT2D eigenvalue weighted by Crippen LogP contribution is -2.49. The summed E-state index contributed by atoms with van der Waals surface area (Å²) in [5.74, 6) is 0.452. The standard InChI is InChI=1S/C15H20BrN3O3.ClH/c1-18(10-14(20)19-7-5-17-6-8-19)15(21)11-3-4-13(22-2)12(16)9-11;/h3-4,9,17H,5-8,10H2,1-2H3;1H. The summed E-state index contributed by atoms with van der Waals surface area (Å²) in [6, 6.07) is 5.12. The molecule has 1 fully saturated rings. The zero-order valence-corrected chi connectivity index (χ0v) is 15.6. The van der Waals surface area contributed by atoms with Crippen LogP contribution in [0.25, 0.3) is 0 Å². The molecule has 0 saturated carbocycles. The van der Waals surface area contributed by atoms with Gasteiger partial charge in [-0.2, -0.15) is 0 Å². The van der Waals surface area contributed by atoms with Gasteiger partial charge >= 0.3 is 0 Å². The van der Waals surface area contributed by atoms with Gasteiger partial charge < -0.3 is 19.9 Å². The summed E-state index contributed by atoms with van der Waals surface area (Å²) >= 11 is 3.36. The molecule has 1 N–H and O–H groups in total. The molecule has 1 aromatic rings. The van der Waals surface area contributed by atoms with Gasteiger partial charge in [0, 0.05) is 38.8 Å². The fourth-order valence-corrected chi connectivity index (χ4v) is 2.85. The van der Waals surface area contributed by atoms with Gasteiger partial charge in [0.2, 0.25) is 5.91 Å². The van der Waals surface area contributed by atoms with Crippen molar-refractivity contribution >= 4 is 40.2 Å². The van der Waals surface area contributed by atoms with Gasteiger partial charge in [-0.25, -0.2) is 0 Å². The lowest BCUT2D eigenvalue weighted by Gasteiger charge is -2.29. The molecule has 8 heteroatoms. The van der Waals surface area contributed by atoms with E-state index >= 15 is 0 Å². The van der Waals surface area contributed by atoms with Crippen molar-refractivity contribution in [2.45, 2.75) is 0 Å². The number of ether oxygens (including phenoxy) is 1. The highest BCUT2D eigenvalue weighted by Gasteiger charge is 2.21. The van der Waals surface area contributed by atoms with Gasteiger partial charge in [-0.1, -0.05) is 0 Å². The molecule has 0 aliphatic carbocycles. The minimum atomic E-state index is -0.188. The van der Waals surface area contributed by atoms with E-state index in [1.54, 1.807) is 37.3 Å². The molecule has 1 aromatic carbocycles.